The molecule has 1 heterocycles. The zero-order valence-corrected chi connectivity index (χ0v) is 15.8. The largest absolute Gasteiger partial charge is 0.463 e. The minimum Gasteiger partial charge on any atom is -0.463 e. The van der Waals surface area contributed by atoms with E-state index in [1.165, 1.54) is 33.8 Å². The normalized spacial score (nSPS) is 27.2. The molecule has 10 heteroatoms. The van der Waals surface area contributed by atoms with Gasteiger partial charge in [0.2, 0.25) is 5.91 Å². The van der Waals surface area contributed by atoms with Crippen LogP contribution in [0.2, 0.25) is 0 Å². The van der Waals surface area contributed by atoms with E-state index >= 15 is 0 Å². The van der Waals surface area contributed by atoms with Gasteiger partial charge in [-0.15, -0.1) is 6.58 Å². The third-order valence-electron chi connectivity index (χ3n) is 3.45. The fourth-order valence-electron chi connectivity index (χ4n) is 2.60. The van der Waals surface area contributed by atoms with Gasteiger partial charge < -0.3 is 29.0 Å². The SMILES string of the molecule is C=CCO[C@H]1O[C@H](COC(C)=O)[C@@H](OC(C)=O)[C@H](OC(C)=O)[C@@H]1NC(C)=O. The van der Waals surface area contributed by atoms with Gasteiger partial charge in [-0.05, 0) is 0 Å². The second-order valence-corrected chi connectivity index (χ2v) is 5.84. The lowest BCUT2D eigenvalue weighted by molar-refractivity contribution is -0.275. The average molecular weight is 387 g/mol. The van der Waals surface area contributed by atoms with Crippen LogP contribution in [-0.4, -0.2) is 67.7 Å². The van der Waals surface area contributed by atoms with Crippen molar-refractivity contribution in [3.63, 3.8) is 0 Å². The topological polar surface area (TPSA) is 126 Å². The highest BCUT2D eigenvalue weighted by atomic mass is 16.7. The van der Waals surface area contributed by atoms with Crippen LogP contribution >= 0.6 is 0 Å². The molecule has 152 valence electrons. The summed E-state index contributed by atoms with van der Waals surface area (Å²) in [6, 6.07) is -0.968. The molecule has 0 unspecified atom stereocenters. The summed E-state index contributed by atoms with van der Waals surface area (Å²) in [5.41, 5.74) is 0. The fraction of sp³-hybridized carbons (Fsp3) is 0.647. The van der Waals surface area contributed by atoms with Gasteiger partial charge in [-0.25, -0.2) is 0 Å². The first-order valence-electron chi connectivity index (χ1n) is 8.28. The zero-order valence-electron chi connectivity index (χ0n) is 15.8. The molecule has 0 saturated carbocycles. The van der Waals surface area contributed by atoms with Gasteiger partial charge in [0, 0.05) is 27.7 Å². The highest BCUT2D eigenvalue weighted by Gasteiger charge is 2.51. The number of carbonyl (C=O) groups is 4. The Bertz CT molecular complexity index is 577. The molecule has 5 atom stereocenters. The molecule has 0 spiro atoms. The lowest BCUT2D eigenvalue weighted by Crippen LogP contribution is -2.66. The number of esters is 3. The monoisotopic (exact) mass is 387 g/mol. The van der Waals surface area contributed by atoms with Crippen LogP contribution in [0.3, 0.4) is 0 Å². The van der Waals surface area contributed by atoms with Crippen molar-refractivity contribution in [1.82, 2.24) is 5.32 Å². The predicted octanol–water partition coefficient (Wildman–Crippen LogP) is -0.155. The zero-order chi connectivity index (χ0) is 20.6. The van der Waals surface area contributed by atoms with Gasteiger partial charge in [-0.3, -0.25) is 19.2 Å². The third-order valence-corrected chi connectivity index (χ3v) is 3.45. The van der Waals surface area contributed by atoms with Crippen LogP contribution in [0.5, 0.6) is 0 Å². The van der Waals surface area contributed by atoms with E-state index in [2.05, 4.69) is 11.9 Å². The molecule has 27 heavy (non-hydrogen) atoms. The first-order chi connectivity index (χ1) is 12.6. The lowest BCUT2D eigenvalue weighted by Gasteiger charge is -2.44. The van der Waals surface area contributed by atoms with Gasteiger partial charge in [0.1, 0.15) is 18.8 Å². The molecular weight excluding hydrogens is 362 g/mol. The molecule has 0 aromatic rings. The van der Waals surface area contributed by atoms with Crippen LogP contribution in [0.25, 0.3) is 0 Å². The molecule has 1 fully saturated rings. The highest BCUT2D eigenvalue weighted by molar-refractivity contribution is 5.73. The van der Waals surface area contributed by atoms with E-state index in [1.54, 1.807) is 0 Å². The van der Waals surface area contributed by atoms with Crippen LogP contribution in [0, 0.1) is 0 Å². The molecule has 1 rings (SSSR count). The van der Waals surface area contributed by atoms with Gasteiger partial charge in [0.25, 0.3) is 0 Å². The van der Waals surface area contributed by atoms with Crippen molar-refractivity contribution < 1.29 is 42.9 Å². The van der Waals surface area contributed by atoms with E-state index in [4.69, 9.17) is 23.7 Å². The maximum Gasteiger partial charge on any atom is 0.303 e. The van der Waals surface area contributed by atoms with E-state index in [0.717, 1.165) is 0 Å². The molecule has 0 bridgehead atoms. The number of carbonyl (C=O) groups excluding carboxylic acids is 4. The van der Waals surface area contributed by atoms with Crippen LogP contribution in [-0.2, 0) is 42.9 Å². The summed E-state index contributed by atoms with van der Waals surface area (Å²) in [5.74, 6) is -2.34. The van der Waals surface area contributed by atoms with Crippen molar-refractivity contribution in [3.05, 3.63) is 12.7 Å². The average Bonchev–Trinajstić information content (AvgIpc) is 2.54. The second-order valence-electron chi connectivity index (χ2n) is 5.84. The van der Waals surface area contributed by atoms with Gasteiger partial charge in [-0.2, -0.15) is 0 Å². The van der Waals surface area contributed by atoms with E-state index in [1.807, 2.05) is 0 Å². The van der Waals surface area contributed by atoms with Gasteiger partial charge >= 0.3 is 17.9 Å². The van der Waals surface area contributed by atoms with E-state index in [-0.39, 0.29) is 13.2 Å². The van der Waals surface area contributed by atoms with Crippen LogP contribution < -0.4 is 5.32 Å². The molecule has 0 aliphatic carbocycles. The van der Waals surface area contributed by atoms with E-state index in [0.29, 0.717) is 0 Å². The summed E-state index contributed by atoms with van der Waals surface area (Å²) in [6.07, 6.45) is -2.84. The maximum atomic E-state index is 11.6. The second kappa shape index (κ2) is 10.6. The van der Waals surface area contributed by atoms with Crippen LogP contribution in [0.1, 0.15) is 27.7 Å². The summed E-state index contributed by atoms with van der Waals surface area (Å²) in [6.45, 7) is 8.16. The Morgan fingerprint density at radius 2 is 1.59 bits per heavy atom. The Hall–Kier alpha value is -2.46. The Morgan fingerprint density at radius 1 is 1.00 bits per heavy atom. The molecule has 0 aromatic heterocycles. The Kier molecular flexibility index (Phi) is 8.89. The molecule has 0 aromatic carbocycles. The van der Waals surface area contributed by atoms with Crippen LogP contribution in [0.4, 0.5) is 0 Å². The number of nitrogens with one attached hydrogen (secondary N) is 1. The minimum atomic E-state index is -1.13. The number of ether oxygens (including phenoxy) is 5. The number of hydrogen-bond donors (Lipinski definition) is 1. The quantitative estimate of drug-likeness (QED) is 0.343. The highest BCUT2D eigenvalue weighted by Crippen LogP contribution is 2.27. The smallest absolute Gasteiger partial charge is 0.303 e. The first-order valence-corrected chi connectivity index (χ1v) is 8.28. The van der Waals surface area contributed by atoms with E-state index < -0.39 is 54.5 Å². The van der Waals surface area contributed by atoms with Crippen molar-refractivity contribution in [1.29, 1.82) is 0 Å². The molecule has 1 saturated heterocycles. The Morgan fingerprint density at radius 3 is 2.07 bits per heavy atom. The molecule has 1 aliphatic heterocycles. The van der Waals surface area contributed by atoms with E-state index in [9.17, 15) is 19.2 Å². The van der Waals surface area contributed by atoms with Gasteiger partial charge in [0.15, 0.2) is 18.5 Å². The predicted molar refractivity (Wildman–Crippen MR) is 90.2 cm³/mol. The maximum absolute atomic E-state index is 11.6. The minimum absolute atomic E-state index is 0.0755. The molecule has 1 amide bonds. The third kappa shape index (κ3) is 7.35. The standard InChI is InChI=1S/C17H25NO9/c1-6-7-23-17-14(18-9(2)19)16(26-12(5)22)15(25-11(4)21)13(27-17)8-24-10(3)20/h6,13-17H,1,7-8H2,2-5H3,(H,18,19)/t13-,14+,15-,16-,17+/m1/s1. The van der Waals surface area contributed by atoms with Crippen molar-refractivity contribution in [2.24, 2.45) is 0 Å². The first kappa shape index (κ1) is 22.6. The van der Waals surface area contributed by atoms with Crippen molar-refractivity contribution in [2.75, 3.05) is 13.2 Å². The molecule has 1 N–H and O–H groups in total. The summed E-state index contributed by atoms with van der Waals surface area (Å²) in [5, 5.41) is 2.59. The number of amides is 1. The van der Waals surface area contributed by atoms with Crippen molar-refractivity contribution >= 4 is 23.8 Å². The molecule has 0 radical (unpaired) electrons. The summed E-state index contributed by atoms with van der Waals surface area (Å²) in [7, 11) is 0. The van der Waals surface area contributed by atoms with Crippen molar-refractivity contribution in [2.45, 2.75) is 58.3 Å². The Labute approximate surface area is 157 Å². The van der Waals surface area contributed by atoms with Gasteiger partial charge in [0.05, 0.1) is 6.61 Å². The number of rotatable bonds is 8. The summed E-state index contributed by atoms with van der Waals surface area (Å²) < 4.78 is 26.8. The van der Waals surface area contributed by atoms with Crippen molar-refractivity contribution in [3.8, 4) is 0 Å². The van der Waals surface area contributed by atoms with Gasteiger partial charge in [-0.1, -0.05) is 6.08 Å². The lowest BCUT2D eigenvalue weighted by atomic mass is 9.96. The fourth-order valence-corrected chi connectivity index (χ4v) is 2.60. The molecular formula is C17H25NO9. The summed E-state index contributed by atoms with van der Waals surface area (Å²) in [4.78, 5) is 46.0. The summed E-state index contributed by atoms with van der Waals surface area (Å²) >= 11 is 0. The molecule has 10 nitrogen and oxygen atoms in total. The Balaban J connectivity index is 3.24. The van der Waals surface area contributed by atoms with Crippen LogP contribution in [0.15, 0.2) is 12.7 Å². The molecule has 1 aliphatic rings. The number of hydrogen-bond acceptors (Lipinski definition) is 9.